The fraction of sp³-hybridized carbons (Fsp3) is 0.316. The highest BCUT2D eigenvalue weighted by Crippen LogP contribution is 2.21. The zero-order valence-corrected chi connectivity index (χ0v) is 16.4. The molecule has 0 saturated heterocycles. The number of nitrogens with zero attached hydrogens (tertiary/aromatic N) is 3. The molecular weight excluding hydrogens is 380 g/mol. The van der Waals surface area contributed by atoms with E-state index in [0.717, 1.165) is 5.56 Å². The van der Waals surface area contributed by atoms with Gasteiger partial charge in [0.25, 0.3) is 17.1 Å². The van der Waals surface area contributed by atoms with Crippen molar-refractivity contribution in [2.24, 2.45) is 14.7 Å². The maximum absolute atomic E-state index is 12.8. The molecule has 2 N–H and O–H groups in total. The maximum atomic E-state index is 12.8. The molecule has 28 heavy (non-hydrogen) atoms. The normalized spacial score (nSPS) is 23.5. The molecule has 9 heteroatoms. The van der Waals surface area contributed by atoms with E-state index in [1.165, 1.54) is 0 Å². The van der Waals surface area contributed by atoms with Gasteiger partial charge in [0, 0.05) is 19.3 Å². The van der Waals surface area contributed by atoms with Crippen LogP contribution in [0.5, 0.6) is 0 Å². The Bertz CT molecular complexity index is 879. The highest BCUT2D eigenvalue weighted by Gasteiger charge is 2.33. The molecule has 0 aromatic heterocycles. The van der Waals surface area contributed by atoms with Gasteiger partial charge < -0.3 is 20.1 Å². The Morgan fingerprint density at radius 2 is 2.07 bits per heavy atom. The Morgan fingerprint density at radius 1 is 1.32 bits per heavy atom. The van der Waals surface area contributed by atoms with Crippen LogP contribution in [0.2, 0.25) is 0 Å². The number of amidine groups is 1. The van der Waals surface area contributed by atoms with Crippen molar-refractivity contribution in [1.29, 1.82) is 0 Å². The van der Waals surface area contributed by atoms with Crippen molar-refractivity contribution in [2.45, 2.75) is 19.6 Å². The molecule has 2 aliphatic rings. The van der Waals surface area contributed by atoms with Crippen molar-refractivity contribution in [3.63, 3.8) is 0 Å². The Kier molecular flexibility index (Phi) is 6.37. The number of allylic oxidation sites excluding steroid dienone is 2. The summed E-state index contributed by atoms with van der Waals surface area (Å²) in [5.74, 6) is -0.672. The molecule has 0 spiro atoms. The summed E-state index contributed by atoms with van der Waals surface area (Å²) in [5, 5.41) is 13.6. The zero-order chi connectivity index (χ0) is 20.1. The van der Waals surface area contributed by atoms with Crippen LogP contribution >= 0.6 is 0 Å². The summed E-state index contributed by atoms with van der Waals surface area (Å²) in [5.41, 5.74) is 1.36. The number of aliphatic hydroxyl groups is 1. The second-order valence-corrected chi connectivity index (χ2v) is 7.11. The summed E-state index contributed by atoms with van der Waals surface area (Å²) in [6.45, 7) is 2.55. The molecule has 1 aromatic rings. The first kappa shape index (κ1) is 20.0. The van der Waals surface area contributed by atoms with E-state index in [9.17, 15) is 14.1 Å². The second-order valence-electron chi connectivity index (χ2n) is 6.28. The lowest BCUT2D eigenvalue weighted by Crippen LogP contribution is -2.44. The summed E-state index contributed by atoms with van der Waals surface area (Å²) in [7, 11) is 1.70. The van der Waals surface area contributed by atoms with Crippen LogP contribution in [-0.2, 0) is 27.2 Å². The molecule has 1 heterocycles. The van der Waals surface area contributed by atoms with Crippen molar-refractivity contribution >= 4 is 28.8 Å². The largest absolute Gasteiger partial charge is 0.475 e. The third-order valence-corrected chi connectivity index (χ3v) is 4.91. The molecule has 3 rings (SSSR count). The third-order valence-electron chi connectivity index (χ3n) is 4.25. The monoisotopic (exact) mass is 402 g/mol. The molecule has 0 fully saturated rings. The summed E-state index contributed by atoms with van der Waals surface area (Å²) in [6.07, 6.45) is 3.89. The minimum atomic E-state index is -1.76. The first-order valence-electron chi connectivity index (χ1n) is 8.84. The lowest BCUT2D eigenvalue weighted by Gasteiger charge is -2.29. The molecular formula is C19H22N4O4S. The quantitative estimate of drug-likeness (QED) is 0.767. The molecule has 1 aromatic carbocycles. The average molecular weight is 402 g/mol. The maximum Gasteiger partial charge on any atom is 0.271 e. The van der Waals surface area contributed by atoms with Crippen molar-refractivity contribution in [2.75, 3.05) is 13.7 Å². The lowest BCUT2D eigenvalue weighted by molar-refractivity contribution is -0.135. The number of nitrogens with one attached hydrogen (secondary N) is 1. The molecule has 0 bridgehead atoms. The predicted molar refractivity (Wildman–Crippen MR) is 107 cm³/mol. The van der Waals surface area contributed by atoms with Gasteiger partial charge >= 0.3 is 0 Å². The average Bonchev–Trinajstić information content (AvgIpc) is 3.03. The van der Waals surface area contributed by atoms with Crippen molar-refractivity contribution in [1.82, 2.24) is 10.2 Å². The van der Waals surface area contributed by atoms with Crippen molar-refractivity contribution in [3.05, 3.63) is 59.8 Å². The summed E-state index contributed by atoms with van der Waals surface area (Å²) >= 11 is -1.76. The first-order chi connectivity index (χ1) is 13.5. The standard InChI is InChI=1S/C19H22N4O4S/c1-3-27-18-17(21-28(26)22-18)20-15-11-7-10-14(16(15)24)19(25)23(2)12-13-8-5-4-6-9-13/h4-11,14,16,24H,3,12H2,1-2H3,(H,20,21). The molecule has 148 valence electrons. The molecule has 3 atom stereocenters. The Labute approximate surface area is 166 Å². The zero-order valence-electron chi connectivity index (χ0n) is 15.6. The highest BCUT2D eigenvalue weighted by molar-refractivity contribution is 7.83. The number of ether oxygens (including phenoxy) is 1. The minimum Gasteiger partial charge on any atom is -0.475 e. The van der Waals surface area contributed by atoms with E-state index >= 15 is 0 Å². The van der Waals surface area contributed by atoms with Crippen LogP contribution in [0, 0.1) is 5.92 Å². The second kappa shape index (κ2) is 8.94. The van der Waals surface area contributed by atoms with Crippen molar-refractivity contribution < 1.29 is 18.8 Å². The fourth-order valence-corrected chi connectivity index (χ4v) is 3.50. The van der Waals surface area contributed by atoms with Gasteiger partial charge in [0.1, 0.15) is 6.10 Å². The van der Waals surface area contributed by atoms with Gasteiger partial charge in [-0.05, 0) is 18.6 Å². The van der Waals surface area contributed by atoms with E-state index in [-0.39, 0.29) is 17.6 Å². The van der Waals surface area contributed by atoms with Crippen LogP contribution in [0.3, 0.4) is 0 Å². The van der Waals surface area contributed by atoms with Crippen LogP contribution in [0.25, 0.3) is 0 Å². The van der Waals surface area contributed by atoms with Gasteiger partial charge in [-0.25, -0.2) is 4.21 Å². The predicted octanol–water partition coefficient (Wildman–Crippen LogP) is 1.09. The summed E-state index contributed by atoms with van der Waals surface area (Å²) in [4.78, 5) is 14.4. The number of amides is 1. The summed E-state index contributed by atoms with van der Waals surface area (Å²) < 4.78 is 24.5. The van der Waals surface area contributed by atoms with Gasteiger partial charge in [-0.1, -0.05) is 42.5 Å². The van der Waals surface area contributed by atoms with E-state index in [1.807, 2.05) is 30.3 Å². The number of aliphatic hydroxyl groups excluding tert-OH is 1. The van der Waals surface area contributed by atoms with E-state index in [4.69, 9.17) is 4.74 Å². The molecule has 3 unspecified atom stereocenters. The Hall–Kier alpha value is -2.78. The highest BCUT2D eigenvalue weighted by atomic mass is 32.2. The number of carbonyl (C=O) groups excluding carboxylic acids is 1. The van der Waals surface area contributed by atoms with Crippen LogP contribution in [0.1, 0.15) is 12.5 Å². The number of benzene rings is 1. The molecule has 0 saturated carbocycles. The van der Waals surface area contributed by atoms with E-state index in [2.05, 4.69) is 14.1 Å². The van der Waals surface area contributed by atoms with Crippen LogP contribution in [-0.4, -0.2) is 51.6 Å². The summed E-state index contributed by atoms with van der Waals surface area (Å²) in [6, 6.07) is 9.63. The lowest BCUT2D eigenvalue weighted by atomic mass is 9.93. The van der Waals surface area contributed by atoms with Crippen LogP contribution in [0.15, 0.2) is 63.1 Å². The van der Waals surface area contributed by atoms with Gasteiger partial charge in [-0.2, -0.15) is 0 Å². The number of rotatable bonds is 5. The number of hydrogen-bond acceptors (Lipinski definition) is 5. The first-order valence-corrected chi connectivity index (χ1v) is 9.91. The van der Waals surface area contributed by atoms with Gasteiger partial charge in [0.15, 0.2) is 0 Å². The molecule has 1 aliphatic carbocycles. The number of hydrogen-bond donors (Lipinski definition) is 2. The Morgan fingerprint density at radius 3 is 2.79 bits per heavy atom. The minimum absolute atomic E-state index is 0.118. The van der Waals surface area contributed by atoms with Gasteiger partial charge in [-0.3, -0.25) is 4.79 Å². The molecule has 1 aliphatic heterocycles. The molecule has 8 nitrogen and oxygen atoms in total. The Balaban J connectivity index is 1.67. The van der Waals surface area contributed by atoms with Gasteiger partial charge in [0.2, 0.25) is 11.7 Å². The molecule has 1 amide bonds. The van der Waals surface area contributed by atoms with E-state index in [1.54, 1.807) is 37.1 Å². The topological polar surface area (TPSA) is 104 Å². The SMILES string of the molecule is CCOC1=NS(=O)N=C1NC1=CC=CC(C(=O)N(C)Cc2ccccc2)C1O. The van der Waals surface area contributed by atoms with E-state index in [0.29, 0.717) is 18.8 Å². The number of carbonyl (C=O) groups is 1. The van der Waals surface area contributed by atoms with Crippen LogP contribution < -0.4 is 5.32 Å². The molecule has 0 radical (unpaired) electrons. The third kappa shape index (κ3) is 4.55. The smallest absolute Gasteiger partial charge is 0.271 e. The van der Waals surface area contributed by atoms with Gasteiger partial charge in [0.05, 0.1) is 12.5 Å². The van der Waals surface area contributed by atoms with Crippen LogP contribution in [0.4, 0.5) is 0 Å². The van der Waals surface area contributed by atoms with Gasteiger partial charge in [-0.15, -0.1) is 8.80 Å². The fourth-order valence-electron chi connectivity index (χ4n) is 2.90. The van der Waals surface area contributed by atoms with Crippen molar-refractivity contribution in [3.8, 4) is 0 Å². The van der Waals surface area contributed by atoms with E-state index < -0.39 is 23.2 Å².